The molecule has 0 radical (unpaired) electrons. The second-order valence-electron chi connectivity index (χ2n) is 22.8. The summed E-state index contributed by atoms with van der Waals surface area (Å²) in [5, 5.41) is 17.3. The van der Waals surface area contributed by atoms with Crippen LogP contribution >= 0.6 is 31.9 Å². The molecule has 464 valence electrons. The molecule has 17 nitrogen and oxygen atoms in total. The number of aldehydes is 2. The highest BCUT2D eigenvalue weighted by Crippen LogP contribution is 2.33. The van der Waals surface area contributed by atoms with Crippen LogP contribution in [0.4, 0.5) is 0 Å². The molecule has 0 saturated carbocycles. The van der Waals surface area contributed by atoms with Gasteiger partial charge in [0.05, 0.1) is 25.2 Å². The van der Waals surface area contributed by atoms with Gasteiger partial charge in [0.25, 0.3) is 5.91 Å². The summed E-state index contributed by atoms with van der Waals surface area (Å²) < 4.78 is 2.14. The number of fused-ring (bicyclic) bond motifs is 2. The zero-order valence-corrected chi connectivity index (χ0v) is 55.4. The highest BCUT2D eigenvalue weighted by molar-refractivity contribution is 9.10. The zero-order valence-electron chi connectivity index (χ0n) is 52.3. The van der Waals surface area contributed by atoms with E-state index in [0.717, 1.165) is 67.3 Å². The van der Waals surface area contributed by atoms with Crippen molar-refractivity contribution in [1.29, 1.82) is 0 Å². The summed E-state index contributed by atoms with van der Waals surface area (Å²) in [6.45, 7) is 24.3. The summed E-state index contributed by atoms with van der Waals surface area (Å²) in [6, 6.07) is 16.2. The Kier molecular flexibility index (Phi) is 37.2. The minimum absolute atomic E-state index is 0.00463. The number of nitrogens with two attached hydrogens (primary N) is 1. The SMILES string of the molecule is Brc1ccc2c(c1)CCCC2.CC.CC(C)C.CCC(C)C=O.CNC(C)C=O.CNCC(=O)N1CCCC1.CNCC(=O)NC(C(=O)N1C[C@@H](NC(=O)c2cccc(C(N)=O)c2)CC1C(=O)NC1CCCc2ccc(Br)cc21)C(C)(C)C. The Morgan fingerprint density at radius 1 is 0.723 bits per heavy atom. The molecule has 3 aromatic carbocycles. The van der Waals surface area contributed by atoms with Crippen molar-refractivity contribution in [1.82, 2.24) is 41.7 Å². The van der Waals surface area contributed by atoms with E-state index in [9.17, 15) is 38.4 Å². The normalized spacial score (nSPS) is 17.5. The van der Waals surface area contributed by atoms with E-state index in [2.05, 4.69) is 109 Å². The number of carbonyl (C=O) groups excluding carboxylic acids is 8. The summed E-state index contributed by atoms with van der Waals surface area (Å²) in [7, 11) is 5.19. The highest BCUT2D eigenvalue weighted by atomic mass is 79.9. The van der Waals surface area contributed by atoms with Gasteiger partial charge >= 0.3 is 0 Å². The Balaban J connectivity index is 0.000000701. The number of amides is 6. The van der Waals surface area contributed by atoms with Crippen molar-refractivity contribution in [3.8, 4) is 0 Å². The molecule has 2 heterocycles. The molecule has 2 saturated heterocycles. The van der Waals surface area contributed by atoms with Crippen molar-refractivity contribution in [2.45, 2.75) is 177 Å². The summed E-state index contributed by atoms with van der Waals surface area (Å²) >= 11 is 7.03. The van der Waals surface area contributed by atoms with Crippen molar-refractivity contribution < 1.29 is 38.4 Å². The smallest absolute Gasteiger partial charge is 0.251 e. The zero-order chi connectivity index (χ0) is 62.8. The standard InChI is InChI=1S/C32H41BrN6O5.C10H11Br.C7H14N2O.C5H10O.C4H9NO.C4H10.C2H6/c1-32(2,3)27(38-26(40)16-35-4)31(44)39-17-22(36-29(42)20-9-5-8-19(13-20)28(34)41)15-25(39)30(43)37-24-10-6-7-18-11-12-21(33)14-23(18)24;11-10-6-5-8-3-1-2-4-9(8)7-10;1-8-6-7(10)9-4-2-3-5-9;1-3-5(2)4-6;1-4(3-6)5-2;1-4(2)3;1-2/h5,8-9,11-14,22,24-25,27,35H,6-7,10,15-17H2,1-4H3,(H2,34,41)(H,36,42)(H,37,43)(H,38,40);5-7H,1-4H2;8H,2-6H2,1H3;4-5H,3H2,1-2H3;3-5H,1-2H3;4H,1-3H3;1-2H3/t22-,24?,25?,27?;;;;;;/m0....../s1. The van der Waals surface area contributed by atoms with Gasteiger partial charge in [0.15, 0.2) is 0 Å². The van der Waals surface area contributed by atoms with Gasteiger partial charge in [0.2, 0.25) is 29.5 Å². The Morgan fingerprint density at radius 3 is 1.81 bits per heavy atom. The van der Waals surface area contributed by atoms with Gasteiger partial charge in [-0.1, -0.05) is 119 Å². The molecule has 7 rings (SSSR count). The number of hydrogen-bond acceptors (Lipinski definition) is 11. The van der Waals surface area contributed by atoms with E-state index in [1.54, 1.807) is 51.3 Å². The molecule has 2 fully saturated rings. The van der Waals surface area contributed by atoms with Gasteiger partial charge < -0.3 is 57.0 Å². The lowest BCUT2D eigenvalue weighted by Gasteiger charge is -2.36. The van der Waals surface area contributed by atoms with E-state index < -0.39 is 41.3 Å². The molecule has 4 aliphatic rings. The molecule has 3 aromatic rings. The molecule has 6 atom stereocenters. The minimum atomic E-state index is -0.910. The van der Waals surface area contributed by atoms with E-state index in [-0.39, 0.29) is 66.4 Å². The van der Waals surface area contributed by atoms with Crippen LogP contribution in [0.25, 0.3) is 0 Å². The maximum atomic E-state index is 14.1. The number of halogens is 2. The Labute approximate surface area is 514 Å². The van der Waals surface area contributed by atoms with Crippen LogP contribution in [-0.4, -0.2) is 136 Å². The molecule has 6 amide bonds. The third-order valence-corrected chi connectivity index (χ3v) is 14.7. The summed E-state index contributed by atoms with van der Waals surface area (Å²) in [5.41, 5.74) is 10.5. The van der Waals surface area contributed by atoms with Crippen molar-refractivity contribution >= 4 is 79.9 Å². The van der Waals surface area contributed by atoms with Crippen molar-refractivity contribution in [3.05, 3.63) is 103 Å². The Bertz CT molecular complexity index is 2460. The van der Waals surface area contributed by atoms with Crippen molar-refractivity contribution in [2.24, 2.45) is 23.0 Å². The number of likely N-dealkylation sites (N-methyl/N-ethyl adjacent to an activating group) is 3. The van der Waals surface area contributed by atoms with Crippen molar-refractivity contribution in [2.75, 3.05) is 53.9 Å². The Morgan fingerprint density at radius 2 is 1.29 bits per heavy atom. The lowest BCUT2D eigenvalue weighted by molar-refractivity contribution is -0.144. The Hall–Kier alpha value is -5.34. The van der Waals surface area contributed by atoms with Gasteiger partial charge in [-0.25, -0.2) is 0 Å². The van der Waals surface area contributed by atoms with Gasteiger partial charge in [-0.2, -0.15) is 0 Å². The van der Waals surface area contributed by atoms with Crippen LogP contribution < -0.4 is 37.6 Å². The predicted octanol–water partition coefficient (Wildman–Crippen LogP) is 9.06. The summed E-state index contributed by atoms with van der Waals surface area (Å²) in [6.07, 6.45) is 13.2. The number of hydrogen-bond donors (Lipinski definition) is 7. The number of aryl methyl sites for hydroxylation is 3. The number of nitrogens with one attached hydrogen (secondary N) is 6. The van der Waals surface area contributed by atoms with E-state index in [1.807, 2.05) is 65.5 Å². The molecule has 0 bridgehead atoms. The fourth-order valence-electron chi connectivity index (χ4n) is 8.99. The number of primary amides is 1. The lowest BCUT2D eigenvalue weighted by Crippen LogP contribution is -2.58. The van der Waals surface area contributed by atoms with Crippen LogP contribution in [0.15, 0.2) is 69.6 Å². The molecule has 2 aliphatic carbocycles. The van der Waals surface area contributed by atoms with Crippen LogP contribution in [0.2, 0.25) is 0 Å². The molecule has 19 heteroatoms. The first-order valence-electron chi connectivity index (χ1n) is 29.7. The van der Waals surface area contributed by atoms with Crippen LogP contribution in [0, 0.1) is 17.3 Å². The lowest BCUT2D eigenvalue weighted by atomic mass is 9.85. The summed E-state index contributed by atoms with van der Waals surface area (Å²) in [5.74, 6) is -0.847. The van der Waals surface area contributed by atoms with Gasteiger partial charge in [-0.3, -0.25) is 28.8 Å². The van der Waals surface area contributed by atoms with Gasteiger partial charge in [0, 0.05) is 51.7 Å². The third kappa shape index (κ3) is 28.4. The molecule has 0 spiro atoms. The largest absolute Gasteiger partial charge is 0.366 e. The van der Waals surface area contributed by atoms with E-state index in [0.29, 0.717) is 6.54 Å². The third-order valence-electron chi connectivity index (χ3n) is 13.8. The average Bonchev–Trinajstić information content (AvgIpc) is 4.38. The topological polar surface area (TPSA) is 241 Å². The van der Waals surface area contributed by atoms with Gasteiger partial charge in [0.1, 0.15) is 24.7 Å². The maximum Gasteiger partial charge on any atom is 0.251 e. The number of carbonyl (C=O) groups is 8. The molecular formula is C64H101Br2N9O8. The van der Waals surface area contributed by atoms with Crippen LogP contribution in [0.1, 0.15) is 177 Å². The second kappa shape index (κ2) is 40.8. The van der Waals surface area contributed by atoms with E-state index in [1.165, 1.54) is 65.6 Å². The van der Waals surface area contributed by atoms with Crippen LogP contribution in [0.3, 0.4) is 0 Å². The first kappa shape index (κ1) is 75.7. The first-order valence-corrected chi connectivity index (χ1v) is 31.2. The predicted molar refractivity (Wildman–Crippen MR) is 342 cm³/mol. The molecule has 83 heavy (non-hydrogen) atoms. The first-order chi connectivity index (χ1) is 39.3. The summed E-state index contributed by atoms with van der Waals surface area (Å²) in [4.78, 5) is 99.4. The van der Waals surface area contributed by atoms with Crippen LogP contribution in [-0.2, 0) is 48.0 Å². The quantitative estimate of drug-likeness (QED) is 0.0708. The van der Waals surface area contributed by atoms with Gasteiger partial charge in [-0.05, 0) is 175 Å². The monoisotopic (exact) mass is 1280 g/mol. The number of likely N-dealkylation sites (tertiary alicyclic amines) is 2. The minimum Gasteiger partial charge on any atom is -0.366 e. The molecule has 5 unspecified atom stereocenters. The fourth-order valence-corrected chi connectivity index (χ4v) is 9.77. The average molecular weight is 1280 g/mol. The second-order valence-corrected chi connectivity index (χ2v) is 24.6. The number of benzene rings is 3. The number of nitrogens with zero attached hydrogens (tertiary/aromatic N) is 2. The fraction of sp³-hybridized carbons (Fsp3) is 0.594. The van der Waals surface area contributed by atoms with E-state index >= 15 is 0 Å². The number of rotatable bonds is 15. The van der Waals surface area contributed by atoms with E-state index in [4.69, 9.17) is 5.73 Å². The van der Waals surface area contributed by atoms with Crippen LogP contribution in [0.5, 0.6) is 0 Å². The molecule has 8 N–H and O–H groups in total. The van der Waals surface area contributed by atoms with Crippen molar-refractivity contribution in [3.63, 3.8) is 0 Å². The molecular weight excluding hydrogens is 1180 g/mol. The molecule has 0 aromatic heterocycles. The van der Waals surface area contributed by atoms with Gasteiger partial charge in [-0.15, -0.1) is 0 Å². The highest BCUT2D eigenvalue weighted by Gasteiger charge is 2.46. The maximum absolute atomic E-state index is 14.1. The molecule has 2 aliphatic heterocycles.